The van der Waals surface area contributed by atoms with Crippen LogP contribution in [0.1, 0.15) is 65.3 Å². The summed E-state index contributed by atoms with van der Waals surface area (Å²) >= 11 is 1.54. The molecule has 0 aliphatic carbocycles. The van der Waals surface area contributed by atoms with Gasteiger partial charge in [0.15, 0.2) is 0 Å². The Morgan fingerprint density at radius 2 is 1.93 bits per heavy atom. The Bertz CT molecular complexity index is 1440. The number of piperidine rings is 1. The van der Waals surface area contributed by atoms with Crippen molar-refractivity contribution in [3.05, 3.63) is 70.0 Å². The molecule has 2 unspecified atom stereocenters. The highest BCUT2D eigenvalue weighted by molar-refractivity contribution is 7.09. The zero-order chi connectivity index (χ0) is 27.9. The van der Waals surface area contributed by atoms with Crippen molar-refractivity contribution in [2.45, 2.75) is 57.7 Å². The van der Waals surface area contributed by atoms with Crippen LogP contribution >= 0.6 is 11.3 Å². The zero-order valence-corrected chi connectivity index (χ0v) is 23.7. The lowest BCUT2D eigenvalue weighted by Crippen LogP contribution is -2.48. The van der Waals surface area contributed by atoms with Crippen LogP contribution in [0.5, 0.6) is 0 Å². The van der Waals surface area contributed by atoms with Gasteiger partial charge in [-0.05, 0) is 51.7 Å². The number of amides is 3. The molecule has 0 radical (unpaired) electrons. The van der Waals surface area contributed by atoms with Crippen LogP contribution in [0.3, 0.4) is 0 Å². The number of carbonyl (C=O) groups excluding carboxylic acids is 3. The van der Waals surface area contributed by atoms with Crippen molar-refractivity contribution in [2.24, 2.45) is 5.92 Å². The highest BCUT2D eigenvalue weighted by Crippen LogP contribution is 2.38. The van der Waals surface area contributed by atoms with Gasteiger partial charge in [0.25, 0.3) is 11.8 Å². The van der Waals surface area contributed by atoms with E-state index in [0.717, 1.165) is 41.3 Å². The Morgan fingerprint density at radius 1 is 1.10 bits per heavy atom. The molecule has 9 heteroatoms. The number of ether oxygens (including phenoxy) is 1. The first kappa shape index (κ1) is 26.7. The van der Waals surface area contributed by atoms with E-state index in [0.29, 0.717) is 43.7 Å². The molecule has 1 N–H and O–H groups in total. The number of nitrogens with zero attached hydrogens (tertiary/aromatic N) is 3. The van der Waals surface area contributed by atoms with Crippen molar-refractivity contribution in [1.29, 1.82) is 0 Å². The normalized spacial score (nSPS) is 22.4. The molecule has 208 valence electrons. The van der Waals surface area contributed by atoms with E-state index in [9.17, 15) is 14.4 Å². The van der Waals surface area contributed by atoms with Crippen molar-refractivity contribution in [2.75, 3.05) is 24.6 Å². The average Bonchev–Trinajstić information content (AvgIpc) is 3.54. The van der Waals surface area contributed by atoms with Gasteiger partial charge in [0, 0.05) is 36.7 Å². The largest absolute Gasteiger partial charge is 0.375 e. The second-order valence-corrected chi connectivity index (χ2v) is 12.4. The molecule has 3 aliphatic rings. The van der Waals surface area contributed by atoms with Gasteiger partial charge in [-0.25, -0.2) is 4.98 Å². The third-order valence-corrected chi connectivity index (χ3v) is 8.98. The van der Waals surface area contributed by atoms with Crippen molar-refractivity contribution in [3.8, 4) is 11.3 Å². The van der Waals surface area contributed by atoms with Gasteiger partial charge in [-0.15, -0.1) is 11.3 Å². The fourth-order valence-corrected chi connectivity index (χ4v) is 6.89. The summed E-state index contributed by atoms with van der Waals surface area (Å²) in [6.45, 7) is 6.14. The van der Waals surface area contributed by atoms with Gasteiger partial charge in [0.2, 0.25) is 5.91 Å². The number of aromatic nitrogens is 1. The number of hydrogen-bond acceptors (Lipinski definition) is 7. The van der Waals surface area contributed by atoms with Gasteiger partial charge < -0.3 is 15.0 Å². The van der Waals surface area contributed by atoms with Crippen LogP contribution in [-0.4, -0.2) is 58.9 Å². The van der Waals surface area contributed by atoms with Crippen LogP contribution < -0.4 is 10.2 Å². The molecular formula is C31H34N4O4S. The summed E-state index contributed by atoms with van der Waals surface area (Å²) in [5.74, 6) is -0.683. The van der Waals surface area contributed by atoms with E-state index in [4.69, 9.17) is 4.74 Å². The standard InChI is InChI=1S/C31H34N4O4S/c1-31(2)16-22(13-15-39-31)35-29(37)23-11-6-12-25(27(23)30(35)38)34-14-7-10-21(18-34)28(36)32-17-26-33-24(19-40-26)20-8-4-3-5-9-20/h3-6,8-9,11-12,19,21-22H,7,10,13-18H2,1-2H3,(H,32,36). The predicted molar refractivity (Wildman–Crippen MR) is 154 cm³/mol. The fraction of sp³-hybridized carbons (Fsp3) is 0.419. The Hall–Kier alpha value is -3.56. The number of nitrogens with one attached hydrogen (secondary N) is 1. The van der Waals surface area contributed by atoms with Gasteiger partial charge in [-0.2, -0.15) is 0 Å². The second kappa shape index (κ2) is 10.8. The minimum atomic E-state index is -0.379. The first-order valence-corrected chi connectivity index (χ1v) is 14.9. The van der Waals surface area contributed by atoms with Crippen LogP contribution in [0.15, 0.2) is 53.9 Å². The molecule has 3 amide bonds. The molecule has 1 aromatic heterocycles. The van der Waals surface area contributed by atoms with Crippen LogP contribution in [0, 0.1) is 5.92 Å². The molecule has 0 spiro atoms. The maximum absolute atomic E-state index is 13.7. The van der Waals surface area contributed by atoms with Gasteiger partial charge in [-0.3, -0.25) is 19.3 Å². The Labute approximate surface area is 238 Å². The first-order chi connectivity index (χ1) is 19.3. The van der Waals surface area contributed by atoms with Crippen LogP contribution in [0.4, 0.5) is 5.69 Å². The van der Waals surface area contributed by atoms with Crippen molar-refractivity contribution < 1.29 is 19.1 Å². The zero-order valence-electron chi connectivity index (χ0n) is 22.9. The molecule has 4 heterocycles. The number of carbonyl (C=O) groups is 3. The van der Waals surface area contributed by atoms with E-state index in [2.05, 4.69) is 15.2 Å². The first-order valence-electron chi connectivity index (χ1n) is 14.0. The topological polar surface area (TPSA) is 91.8 Å². The number of rotatable bonds is 6. The summed E-state index contributed by atoms with van der Waals surface area (Å²) in [5, 5.41) is 5.95. The van der Waals surface area contributed by atoms with Gasteiger partial charge >= 0.3 is 0 Å². The molecule has 0 saturated carbocycles. The van der Waals surface area contributed by atoms with Gasteiger partial charge in [-0.1, -0.05) is 36.4 Å². The molecule has 2 fully saturated rings. The van der Waals surface area contributed by atoms with Crippen LogP contribution in [-0.2, 0) is 16.1 Å². The monoisotopic (exact) mass is 558 g/mol. The Morgan fingerprint density at radius 3 is 2.73 bits per heavy atom. The Kier molecular flexibility index (Phi) is 7.18. The molecule has 2 aromatic carbocycles. The van der Waals surface area contributed by atoms with E-state index >= 15 is 0 Å². The molecule has 6 rings (SSSR count). The van der Waals surface area contributed by atoms with E-state index < -0.39 is 0 Å². The highest BCUT2D eigenvalue weighted by Gasteiger charge is 2.45. The summed E-state index contributed by atoms with van der Waals surface area (Å²) in [7, 11) is 0. The second-order valence-electron chi connectivity index (χ2n) is 11.4. The molecule has 0 bridgehead atoms. The Balaban J connectivity index is 1.14. The number of anilines is 1. The molecular weight excluding hydrogens is 524 g/mol. The number of fused-ring (bicyclic) bond motifs is 1. The minimum absolute atomic E-state index is 0.0118. The third-order valence-electron chi connectivity index (χ3n) is 8.13. The number of thiazole rings is 1. The van der Waals surface area contributed by atoms with Crippen LogP contribution in [0.25, 0.3) is 11.3 Å². The summed E-state index contributed by atoms with van der Waals surface area (Å²) in [6, 6.07) is 15.3. The lowest BCUT2D eigenvalue weighted by molar-refractivity contribution is -0.125. The lowest BCUT2D eigenvalue weighted by atomic mass is 9.93. The number of benzene rings is 2. The summed E-state index contributed by atoms with van der Waals surface area (Å²) in [6.07, 6.45) is 2.87. The predicted octanol–water partition coefficient (Wildman–Crippen LogP) is 4.90. The minimum Gasteiger partial charge on any atom is -0.375 e. The van der Waals surface area contributed by atoms with E-state index in [1.54, 1.807) is 6.07 Å². The van der Waals surface area contributed by atoms with Crippen LogP contribution in [0.2, 0.25) is 0 Å². The maximum atomic E-state index is 13.7. The maximum Gasteiger partial charge on any atom is 0.263 e. The van der Waals surface area contributed by atoms with Gasteiger partial charge in [0.1, 0.15) is 5.01 Å². The summed E-state index contributed by atoms with van der Waals surface area (Å²) in [5.41, 5.74) is 3.26. The lowest BCUT2D eigenvalue weighted by Gasteiger charge is -2.39. The fourth-order valence-electron chi connectivity index (χ4n) is 6.15. The van der Waals surface area contributed by atoms with Crippen molar-refractivity contribution >= 4 is 34.7 Å². The average molecular weight is 559 g/mol. The molecule has 3 aliphatic heterocycles. The van der Waals surface area contributed by atoms with Gasteiger partial charge in [0.05, 0.1) is 40.6 Å². The quantitative estimate of drug-likeness (QED) is 0.433. The highest BCUT2D eigenvalue weighted by atomic mass is 32.1. The summed E-state index contributed by atoms with van der Waals surface area (Å²) < 4.78 is 5.83. The SMILES string of the molecule is CC1(C)CC(N2C(=O)c3cccc(N4CCCC(C(=O)NCc5nc(-c6ccccc6)cs5)C4)c3C2=O)CCO1. The summed E-state index contributed by atoms with van der Waals surface area (Å²) in [4.78, 5) is 48.6. The smallest absolute Gasteiger partial charge is 0.263 e. The molecule has 2 saturated heterocycles. The molecule has 2 atom stereocenters. The van der Waals surface area contributed by atoms with E-state index in [-0.39, 0.29) is 35.3 Å². The number of imide groups is 1. The van der Waals surface area contributed by atoms with Crippen molar-refractivity contribution in [1.82, 2.24) is 15.2 Å². The van der Waals surface area contributed by atoms with E-state index in [1.165, 1.54) is 16.2 Å². The molecule has 8 nitrogen and oxygen atoms in total. The number of hydrogen-bond donors (Lipinski definition) is 1. The van der Waals surface area contributed by atoms with E-state index in [1.807, 2.05) is 61.7 Å². The van der Waals surface area contributed by atoms with Crippen molar-refractivity contribution in [3.63, 3.8) is 0 Å². The third kappa shape index (κ3) is 5.15. The molecule has 40 heavy (non-hydrogen) atoms. The molecule has 3 aromatic rings.